The number of hydrogen-bond donors (Lipinski definition) is 0. The van der Waals surface area contributed by atoms with E-state index in [9.17, 15) is 0 Å². The molecule has 2 rings (SSSR count). The molecule has 0 spiro atoms. The van der Waals surface area contributed by atoms with Gasteiger partial charge < -0.3 is 9.57 Å². The fourth-order valence-corrected chi connectivity index (χ4v) is 1.80. The lowest BCUT2D eigenvalue weighted by Gasteiger charge is -2.02. The minimum atomic E-state index is 0.477. The first-order valence-corrected chi connectivity index (χ1v) is 6.69. The number of rotatable bonds is 6. The Hall–Kier alpha value is -2.29. The Balaban J connectivity index is 1.86. The van der Waals surface area contributed by atoms with E-state index in [0.717, 1.165) is 23.3 Å². The molecule has 20 heavy (non-hydrogen) atoms. The van der Waals surface area contributed by atoms with E-state index in [-0.39, 0.29) is 0 Å². The summed E-state index contributed by atoms with van der Waals surface area (Å²) < 4.78 is 5.15. The standard InChI is InChI=1S/C17H19NO2/c1-3-14-7-9-15(10-8-14)13-20-18-12-16-5-4-6-17(11-16)19-2/h4-12H,3,13H2,1-2H3. The third-order valence-electron chi connectivity index (χ3n) is 3.03. The molecule has 3 nitrogen and oxygen atoms in total. The molecule has 0 aliphatic carbocycles. The van der Waals surface area contributed by atoms with Crippen LogP contribution in [0.2, 0.25) is 0 Å². The van der Waals surface area contributed by atoms with Gasteiger partial charge in [0.2, 0.25) is 0 Å². The number of aryl methyl sites for hydroxylation is 1. The summed E-state index contributed by atoms with van der Waals surface area (Å²) in [7, 11) is 1.65. The molecule has 0 bridgehead atoms. The number of methoxy groups -OCH3 is 1. The van der Waals surface area contributed by atoms with E-state index in [4.69, 9.17) is 9.57 Å². The number of oxime groups is 1. The quantitative estimate of drug-likeness (QED) is 0.590. The molecule has 0 unspecified atom stereocenters. The molecule has 3 heteroatoms. The molecule has 0 amide bonds. The zero-order valence-corrected chi connectivity index (χ0v) is 11.9. The highest BCUT2D eigenvalue weighted by atomic mass is 16.6. The van der Waals surface area contributed by atoms with Crippen LogP contribution in [-0.2, 0) is 17.9 Å². The number of benzene rings is 2. The van der Waals surface area contributed by atoms with Crippen LogP contribution in [0.4, 0.5) is 0 Å². The van der Waals surface area contributed by atoms with Crippen molar-refractivity contribution in [3.8, 4) is 5.75 Å². The second-order valence-electron chi connectivity index (χ2n) is 4.45. The first kappa shape index (κ1) is 14.1. The molecule has 0 saturated heterocycles. The van der Waals surface area contributed by atoms with Crippen molar-refractivity contribution in [1.82, 2.24) is 0 Å². The first-order valence-electron chi connectivity index (χ1n) is 6.69. The summed E-state index contributed by atoms with van der Waals surface area (Å²) in [6.07, 6.45) is 2.73. The Morgan fingerprint density at radius 2 is 1.80 bits per heavy atom. The Bertz CT molecular complexity index is 561. The summed E-state index contributed by atoms with van der Waals surface area (Å²) in [6, 6.07) is 16.0. The van der Waals surface area contributed by atoms with Gasteiger partial charge in [0.05, 0.1) is 13.3 Å². The zero-order valence-electron chi connectivity index (χ0n) is 11.9. The Morgan fingerprint density at radius 3 is 2.50 bits per heavy atom. The van der Waals surface area contributed by atoms with Crippen molar-refractivity contribution in [3.63, 3.8) is 0 Å². The Labute approximate surface area is 119 Å². The third-order valence-corrected chi connectivity index (χ3v) is 3.03. The van der Waals surface area contributed by atoms with Crippen LogP contribution in [0.15, 0.2) is 53.7 Å². The average molecular weight is 269 g/mol. The van der Waals surface area contributed by atoms with E-state index in [1.807, 2.05) is 24.3 Å². The van der Waals surface area contributed by atoms with E-state index >= 15 is 0 Å². The molecule has 0 atom stereocenters. The van der Waals surface area contributed by atoms with Crippen LogP contribution in [0.5, 0.6) is 5.75 Å². The van der Waals surface area contributed by atoms with E-state index in [0.29, 0.717) is 6.61 Å². The van der Waals surface area contributed by atoms with Gasteiger partial charge in [-0.2, -0.15) is 0 Å². The number of ether oxygens (including phenoxy) is 1. The van der Waals surface area contributed by atoms with E-state index in [1.54, 1.807) is 13.3 Å². The minimum absolute atomic E-state index is 0.477. The van der Waals surface area contributed by atoms with Crippen molar-refractivity contribution < 1.29 is 9.57 Å². The molecular weight excluding hydrogens is 250 g/mol. The summed E-state index contributed by atoms with van der Waals surface area (Å²) in [5, 5.41) is 3.97. The molecule has 0 radical (unpaired) electrons. The summed E-state index contributed by atoms with van der Waals surface area (Å²) in [5.41, 5.74) is 3.39. The Kier molecular flexibility index (Phi) is 5.18. The van der Waals surface area contributed by atoms with Crippen LogP contribution in [0.25, 0.3) is 0 Å². The summed E-state index contributed by atoms with van der Waals surface area (Å²) in [4.78, 5) is 5.30. The van der Waals surface area contributed by atoms with Crippen LogP contribution in [0, 0.1) is 0 Å². The molecule has 2 aromatic carbocycles. The smallest absolute Gasteiger partial charge is 0.142 e. The predicted octanol–water partition coefficient (Wildman–Crippen LogP) is 3.81. The Morgan fingerprint density at radius 1 is 1.05 bits per heavy atom. The summed E-state index contributed by atoms with van der Waals surface area (Å²) >= 11 is 0. The van der Waals surface area contributed by atoms with Gasteiger partial charge in [-0.1, -0.05) is 48.5 Å². The van der Waals surface area contributed by atoms with Crippen LogP contribution in [0.1, 0.15) is 23.6 Å². The van der Waals surface area contributed by atoms with Crippen LogP contribution in [-0.4, -0.2) is 13.3 Å². The third kappa shape index (κ3) is 4.12. The van der Waals surface area contributed by atoms with Crippen LogP contribution < -0.4 is 4.74 Å². The average Bonchev–Trinajstić information content (AvgIpc) is 2.52. The fourth-order valence-electron chi connectivity index (χ4n) is 1.80. The van der Waals surface area contributed by atoms with Gasteiger partial charge in [-0.3, -0.25) is 0 Å². The normalized spacial score (nSPS) is 10.7. The SMILES string of the molecule is CCc1ccc(CON=Cc2cccc(OC)c2)cc1. The zero-order chi connectivity index (χ0) is 14.2. The highest BCUT2D eigenvalue weighted by Crippen LogP contribution is 2.11. The second-order valence-corrected chi connectivity index (χ2v) is 4.45. The van der Waals surface area contributed by atoms with E-state index < -0.39 is 0 Å². The molecule has 0 saturated carbocycles. The van der Waals surface area contributed by atoms with Gasteiger partial charge in [-0.25, -0.2) is 0 Å². The molecule has 0 aromatic heterocycles. The summed E-state index contributed by atoms with van der Waals surface area (Å²) in [6.45, 7) is 2.62. The largest absolute Gasteiger partial charge is 0.497 e. The summed E-state index contributed by atoms with van der Waals surface area (Å²) in [5.74, 6) is 0.809. The van der Waals surface area contributed by atoms with Gasteiger partial charge in [0.15, 0.2) is 0 Å². The van der Waals surface area contributed by atoms with E-state index in [1.165, 1.54) is 5.56 Å². The molecule has 0 N–H and O–H groups in total. The van der Waals surface area contributed by atoms with Gasteiger partial charge in [-0.15, -0.1) is 0 Å². The van der Waals surface area contributed by atoms with Gasteiger partial charge in [-0.05, 0) is 35.2 Å². The molecular formula is C17H19NO2. The van der Waals surface area contributed by atoms with Crippen molar-refractivity contribution in [2.24, 2.45) is 5.16 Å². The second kappa shape index (κ2) is 7.34. The monoisotopic (exact) mass is 269 g/mol. The first-order chi connectivity index (χ1) is 9.81. The van der Waals surface area contributed by atoms with Crippen molar-refractivity contribution >= 4 is 6.21 Å². The van der Waals surface area contributed by atoms with Crippen molar-refractivity contribution in [2.75, 3.05) is 7.11 Å². The fraction of sp³-hybridized carbons (Fsp3) is 0.235. The lowest BCUT2D eigenvalue weighted by Crippen LogP contribution is -1.90. The highest BCUT2D eigenvalue weighted by molar-refractivity contribution is 5.79. The van der Waals surface area contributed by atoms with Crippen LogP contribution in [0.3, 0.4) is 0 Å². The molecule has 0 aliphatic rings. The van der Waals surface area contributed by atoms with Crippen LogP contribution >= 0.6 is 0 Å². The lowest BCUT2D eigenvalue weighted by molar-refractivity contribution is 0.132. The van der Waals surface area contributed by atoms with Crippen molar-refractivity contribution in [2.45, 2.75) is 20.0 Å². The van der Waals surface area contributed by atoms with Gasteiger partial charge in [0, 0.05) is 0 Å². The van der Waals surface area contributed by atoms with Crippen molar-refractivity contribution in [1.29, 1.82) is 0 Å². The maximum Gasteiger partial charge on any atom is 0.142 e. The van der Waals surface area contributed by atoms with E-state index in [2.05, 4.69) is 36.3 Å². The van der Waals surface area contributed by atoms with Crippen molar-refractivity contribution in [3.05, 3.63) is 65.2 Å². The molecule has 0 heterocycles. The highest BCUT2D eigenvalue weighted by Gasteiger charge is 1.94. The molecule has 2 aromatic rings. The molecule has 104 valence electrons. The maximum absolute atomic E-state index is 5.30. The number of nitrogens with zero attached hydrogens (tertiary/aromatic N) is 1. The topological polar surface area (TPSA) is 30.8 Å². The number of hydrogen-bond acceptors (Lipinski definition) is 3. The van der Waals surface area contributed by atoms with Gasteiger partial charge in [0.25, 0.3) is 0 Å². The minimum Gasteiger partial charge on any atom is -0.497 e. The molecule has 0 fully saturated rings. The predicted molar refractivity (Wildman–Crippen MR) is 81.2 cm³/mol. The lowest BCUT2D eigenvalue weighted by atomic mass is 10.1. The maximum atomic E-state index is 5.30. The van der Waals surface area contributed by atoms with Gasteiger partial charge in [0.1, 0.15) is 12.4 Å². The van der Waals surface area contributed by atoms with Gasteiger partial charge >= 0.3 is 0 Å². The molecule has 0 aliphatic heterocycles.